The van der Waals surface area contributed by atoms with E-state index >= 15 is 0 Å². The second kappa shape index (κ2) is 42.9. The van der Waals surface area contributed by atoms with Crippen LogP contribution in [0.4, 0.5) is 0 Å². The summed E-state index contributed by atoms with van der Waals surface area (Å²) in [6.07, 6.45) is 4.50. The quantitative estimate of drug-likeness (QED) is 0.0256. The van der Waals surface area contributed by atoms with Crippen molar-refractivity contribution in [3.8, 4) is 0 Å². The van der Waals surface area contributed by atoms with Gasteiger partial charge in [0.15, 0.2) is 16.6 Å². The lowest BCUT2D eigenvalue weighted by Crippen LogP contribution is -2.63. The van der Waals surface area contributed by atoms with Crippen LogP contribution in [0.3, 0.4) is 0 Å². The standard InChI is InChI=1S/C61H168O28Si24/c1-61(66-57-53-63)60-65-55-51-59-91(4,5)68-93(8,9)70-95(12,13)72-97(16,17)74-99(20,21)76-101(24,25)78-103(28,29)80-105(32,33)82-107(36,37)84-109(40,41)86-111(44,45)88-113(48,49)89-112(46,47)87-110(42,43)85-108(38,39)83-106(34,35)81-104(30,31)79-102(26,27)77-100(22,23)75-98(18,19)73-96(14,15)71-94(10,11)69-92(6,7)67-90(2,3)58-50-54-64-56-52-62/h52-53,56,61-62H,50-51,54-55,57-60H2,1-49H3/b56-52-. The van der Waals surface area contributed by atoms with Gasteiger partial charge in [-0.15, -0.1) is 0 Å². The zero-order valence-corrected chi connectivity index (χ0v) is 104. The summed E-state index contributed by atoms with van der Waals surface area (Å²) >= 11 is 0. The summed E-state index contributed by atoms with van der Waals surface area (Å²) < 4.78 is 176. The second-order valence-electron chi connectivity index (χ2n) is 40.4. The molecule has 676 valence electrons. The van der Waals surface area contributed by atoms with E-state index in [1.807, 2.05) is 151 Å². The van der Waals surface area contributed by atoms with Crippen molar-refractivity contribution in [2.75, 3.05) is 26.4 Å². The largest absolute Gasteiger partial charge is 0.512 e. The highest BCUT2D eigenvalue weighted by atomic mass is 28.6. The molecular formula is C61H168O28Si24. The molecule has 0 aromatic heterocycles. The Labute approximate surface area is 715 Å². The van der Waals surface area contributed by atoms with Gasteiger partial charge in [-0.05, 0) is 346 Å². The lowest BCUT2D eigenvalue weighted by Gasteiger charge is -2.45. The van der Waals surface area contributed by atoms with Gasteiger partial charge in [0.05, 0.1) is 19.3 Å². The molecule has 0 aliphatic heterocycles. The average Bonchev–Trinajstić information content (AvgIpc) is 0.802. The van der Waals surface area contributed by atoms with Crippen molar-refractivity contribution in [3.63, 3.8) is 0 Å². The predicted octanol–water partition coefficient (Wildman–Crippen LogP) is 19.7. The summed E-state index contributed by atoms with van der Waals surface area (Å²) in [5.41, 5.74) is 0. The molecule has 0 spiro atoms. The summed E-state index contributed by atoms with van der Waals surface area (Å²) in [5.74, 6) is 0. The Morgan fingerprint density at radius 2 is 0.389 bits per heavy atom. The van der Waals surface area contributed by atoms with Crippen LogP contribution in [0.2, 0.25) is 326 Å². The van der Waals surface area contributed by atoms with Crippen LogP contribution < -0.4 is 0 Å². The van der Waals surface area contributed by atoms with E-state index in [4.69, 9.17) is 114 Å². The predicted molar refractivity (Wildman–Crippen MR) is 513 cm³/mol. The summed E-state index contributed by atoms with van der Waals surface area (Å²) in [7, 11) is -67.0. The molecule has 0 saturated carbocycles. The van der Waals surface area contributed by atoms with Crippen molar-refractivity contribution in [3.05, 3.63) is 12.5 Å². The Morgan fingerprint density at radius 1 is 0.239 bits per heavy atom. The molecule has 0 aromatic carbocycles. The highest BCUT2D eigenvalue weighted by molar-refractivity contribution is 6.97. The first kappa shape index (κ1) is 116. The molecule has 113 heavy (non-hydrogen) atoms. The van der Waals surface area contributed by atoms with Crippen LogP contribution in [-0.4, -0.2) is 249 Å². The van der Waals surface area contributed by atoms with E-state index in [-0.39, 0.29) is 12.7 Å². The highest BCUT2D eigenvalue weighted by Gasteiger charge is 2.56. The minimum absolute atomic E-state index is 0.0730. The van der Waals surface area contributed by atoms with Crippen LogP contribution in [0, 0.1) is 0 Å². The summed E-state index contributed by atoms with van der Waals surface area (Å²) in [4.78, 5) is 10.6. The molecule has 0 radical (unpaired) electrons. The van der Waals surface area contributed by atoms with Crippen molar-refractivity contribution in [1.29, 1.82) is 0 Å². The number of ether oxygens (including phenoxy) is 3. The maximum Gasteiger partial charge on any atom is 0.314 e. The number of rotatable bonds is 60. The van der Waals surface area contributed by atoms with Crippen molar-refractivity contribution >= 4 is 211 Å². The fourth-order valence-electron chi connectivity index (χ4n) is 16.1. The monoisotopic (exact) mass is 2020 g/mol. The maximum atomic E-state index is 10.6. The van der Waals surface area contributed by atoms with Crippen LogP contribution in [0.5, 0.6) is 0 Å². The summed E-state index contributed by atoms with van der Waals surface area (Å²) in [6.45, 7) is 103. The van der Waals surface area contributed by atoms with Crippen LogP contribution in [-0.2, 0) is 114 Å². The molecule has 0 aliphatic carbocycles. The molecule has 0 aromatic rings. The fourth-order valence-corrected chi connectivity index (χ4v) is 141. The minimum Gasteiger partial charge on any atom is -0.512 e. The molecule has 0 amide bonds. The van der Waals surface area contributed by atoms with Crippen LogP contribution >= 0.6 is 0 Å². The topological polar surface area (TPSA) is 277 Å². The lowest BCUT2D eigenvalue weighted by molar-refractivity contribution is -0.114. The Hall–Kier alpha value is 3.22. The molecule has 0 saturated heterocycles. The first-order valence-electron chi connectivity index (χ1n) is 39.9. The molecule has 0 fully saturated rings. The normalized spacial score (nSPS) is 15.9. The van der Waals surface area contributed by atoms with E-state index < -0.39 is 205 Å². The summed E-state index contributed by atoms with van der Waals surface area (Å²) in [6, 6.07) is 1.82. The van der Waals surface area contributed by atoms with Gasteiger partial charge in [0.1, 0.15) is 25.4 Å². The number of hydrogen-bond acceptors (Lipinski definition) is 28. The Balaban J connectivity index is 5.84. The number of carbonyl (C=O) groups is 1. The van der Waals surface area contributed by atoms with E-state index in [0.29, 0.717) is 19.8 Å². The van der Waals surface area contributed by atoms with Gasteiger partial charge >= 0.3 is 188 Å². The van der Waals surface area contributed by atoms with Crippen molar-refractivity contribution < 1.29 is 119 Å². The lowest BCUT2D eigenvalue weighted by atomic mass is 10.4. The summed E-state index contributed by atoms with van der Waals surface area (Å²) in [5, 5.41) is 8.90. The molecule has 1 N–H and O–H groups in total. The van der Waals surface area contributed by atoms with E-state index in [1.54, 1.807) is 0 Å². The second-order valence-corrected chi connectivity index (χ2v) is 129. The molecule has 0 rings (SSSR count). The SMILES string of the molecule is CC(COCCC[Si](C)(C)O[Si](C)(C)O[Si](C)(C)O[Si](C)(C)O[Si](C)(C)O[Si](C)(C)O[Si](C)(C)O[Si](C)(C)O[Si](C)(C)O[Si](C)(C)O[Si](C)(C)O[Si](C)(C)O[Si](C)(C)O[Si](C)(C)O[Si](C)(C)O[Si](C)(C)O[Si](C)(C)O[Si](C)(C)O[Si](C)(C)O[Si](C)(C)O[Si](C)(C)O[Si](C)(C)O[Si](C)(C)O[Si](C)(C)CCCO/C=C\O)OCC=O. The number of aliphatic hydroxyl groups is 1. The van der Waals surface area contributed by atoms with Gasteiger partial charge < -0.3 is 119 Å². The zero-order valence-electron chi connectivity index (χ0n) is 80.4. The molecule has 0 heterocycles. The van der Waals surface area contributed by atoms with Gasteiger partial charge in [0, 0.05) is 6.61 Å². The van der Waals surface area contributed by atoms with Crippen LogP contribution in [0.25, 0.3) is 0 Å². The van der Waals surface area contributed by atoms with Crippen molar-refractivity contribution in [2.24, 2.45) is 0 Å². The number of aldehydes is 1. The third kappa shape index (κ3) is 56.1. The average molecular weight is 2020 g/mol. The number of aliphatic hydroxyl groups excluding tert-OH is 1. The molecule has 52 heteroatoms. The van der Waals surface area contributed by atoms with Crippen LogP contribution in [0.15, 0.2) is 12.5 Å². The third-order valence-corrected chi connectivity index (χ3v) is 108. The Morgan fingerprint density at radius 3 is 0.540 bits per heavy atom. The van der Waals surface area contributed by atoms with E-state index in [0.717, 1.165) is 37.5 Å². The first-order chi connectivity index (χ1) is 49.3. The molecule has 0 bridgehead atoms. The van der Waals surface area contributed by atoms with Gasteiger partial charge in [-0.1, -0.05) is 0 Å². The van der Waals surface area contributed by atoms with Crippen LogP contribution in [0.1, 0.15) is 19.8 Å². The highest BCUT2D eigenvalue weighted by Crippen LogP contribution is 2.37. The Bertz CT molecular complexity index is 2910. The fraction of sp³-hybridized carbons (Fsp3) is 0.951. The van der Waals surface area contributed by atoms with E-state index in [9.17, 15) is 4.79 Å². The van der Waals surface area contributed by atoms with Gasteiger partial charge in [0.2, 0.25) is 0 Å². The molecule has 1 atom stereocenters. The van der Waals surface area contributed by atoms with Gasteiger partial charge in [0.25, 0.3) is 0 Å². The Kier molecular flexibility index (Phi) is 44.1. The van der Waals surface area contributed by atoms with Gasteiger partial charge in [-0.3, -0.25) is 0 Å². The maximum absolute atomic E-state index is 10.6. The smallest absolute Gasteiger partial charge is 0.314 e. The minimum atomic E-state index is -2.93. The first-order valence-corrected chi connectivity index (χ1v) is 108. The van der Waals surface area contributed by atoms with Gasteiger partial charge in [-0.2, -0.15) is 0 Å². The molecule has 28 nitrogen and oxygen atoms in total. The van der Waals surface area contributed by atoms with E-state index in [1.165, 1.54) is 6.26 Å². The van der Waals surface area contributed by atoms with Crippen molar-refractivity contribution in [1.82, 2.24) is 0 Å². The zero-order chi connectivity index (χ0) is 89.7. The number of carbonyl (C=O) groups excluding carboxylic acids is 1. The molecule has 1 unspecified atom stereocenters. The third-order valence-electron chi connectivity index (χ3n) is 14.4. The van der Waals surface area contributed by atoms with Crippen molar-refractivity contribution in [2.45, 2.75) is 352 Å². The van der Waals surface area contributed by atoms with Gasteiger partial charge in [-0.25, -0.2) is 0 Å². The number of hydrogen-bond donors (Lipinski definition) is 1. The van der Waals surface area contributed by atoms with E-state index in [2.05, 4.69) is 170 Å². The molecule has 0 aliphatic rings. The molecular weight excluding hydrogens is 1850 g/mol.